The number of hydrogen-bond donors (Lipinski definition) is 2. The fourth-order valence-corrected chi connectivity index (χ4v) is 2.16. The van der Waals surface area contributed by atoms with Crippen molar-refractivity contribution in [2.75, 3.05) is 0 Å². The molecule has 0 saturated carbocycles. The Morgan fingerprint density at radius 2 is 2.05 bits per heavy atom. The summed E-state index contributed by atoms with van der Waals surface area (Å²) in [6.07, 6.45) is 1.55. The monoisotopic (exact) mass is 285 g/mol. The second-order valence-electron chi connectivity index (χ2n) is 5.14. The number of benzene rings is 1. The van der Waals surface area contributed by atoms with Crippen LogP contribution >= 0.6 is 0 Å². The van der Waals surface area contributed by atoms with E-state index in [-0.39, 0.29) is 5.84 Å². The van der Waals surface area contributed by atoms with Gasteiger partial charge in [-0.25, -0.2) is 4.98 Å². The number of pyridine rings is 1. The van der Waals surface area contributed by atoms with Crippen LogP contribution in [0.2, 0.25) is 0 Å². The maximum atomic E-state index is 8.69. The number of hydrogen-bond acceptors (Lipinski definition) is 4. The van der Waals surface area contributed by atoms with Gasteiger partial charge in [0.2, 0.25) is 5.88 Å². The summed E-state index contributed by atoms with van der Waals surface area (Å²) >= 11 is 0. The van der Waals surface area contributed by atoms with Crippen molar-refractivity contribution >= 4 is 5.84 Å². The number of oxime groups is 1. The van der Waals surface area contributed by atoms with Crippen molar-refractivity contribution in [1.29, 1.82) is 0 Å². The van der Waals surface area contributed by atoms with Crippen molar-refractivity contribution in [2.24, 2.45) is 10.9 Å². The van der Waals surface area contributed by atoms with Crippen LogP contribution in [0.3, 0.4) is 0 Å². The van der Waals surface area contributed by atoms with Gasteiger partial charge in [-0.3, -0.25) is 0 Å². The molecule has 1 aromatic carbocycles. The van der Waals surface area contributed by atoms with E-state index in [1.165, 1.54) is 11.1 Å². The van der Waals surface area contributed by atoms with E-state index in [1.54, 1.807) is 18.3 Å². The molecule has 2 aromatic rings. The van der Waals surface area contributed by atoms with Gasteiger partial charge >= 0.3 is 0 Å². The molecule has 0 unspecified atom stereocenters. The Labute approximate surface area is 124 Å². The Hall–Kier alpha value is -2.56. The highest BCUT2D eigenvalue weighted by Gasteiger charge is 2.07. The minimum absolute atomic E-state index is 0.0218. The summed E-state index contributed by atoms with van der Waals surface area (Å²) in [4.78, 5) is 4.12. The van der Waals surface area contributed by atoms with E-state index in [9.17, 15) is 0 Å². The van der Waals surface area contributed by atoms with Crippen LogP contribution in [0.1, 0.15) is 36.5 Å². The lowest BCUT2D eigenvalue weighted by Crippen LogP contribution is -2.13. The molecule has 3 N–H and O–H groups in total. The SMILES string of the molecule is Cc1cc(Oc2cc(/C(N)=N/O)ccn2)ccc1C(C)C. The topological polar surface area (TPSA) is 80.7 Å². The molecule has 21 heavy (non-hydrogen) atoms. The first-order valence-electron chi connectivity index (χ1n) is 6.73. The predicted molar refractivity (Wildman–Crippen MR) is 82.1 cm³/mol. The molecule has 2 rings (SSSR count). The number of ether oxygens (including phenoxy) is 1. The smallest absolute Gasteiger partial charge is 0.219 e. The van der Waals surface area contributed by atoms with Crippen LogP contribution in [0.4, 0.5) is 0 Å². The first-order chi connectivity index (χ1) is 10.0. The number of rotatable bonds is 4. The molecule has 0 saturated heterocycles. The van der Waals surface area contributed by atoms with Crippen LogP contribution in [0.15, 0.2) is 41.7 Å². The average molecular weight is 285 g/mol. The zero-order chi connectivity index (χ0) is 15.4. The van der Waals surface area contributed by atoms with Crippen LogP contribution in [0.25, 0.3) is 0 Å². The van der Waals surface area contributed by atoms with Gasteiger partial charge in [0.1, 0.15) is 5.75 Å². The van der Waals surface area contributed by atoms with E-state index in [1.807, 2.05) is 12.1 Å². The largest absolute Gasteiger partial charge is 0.439 e. The molecule has 0 bridgehead atoms. The van der Waals surface area contributed by atoms with E-state index in [0.717, 1.165) is 0 Å². The number of nitrogens with zero attached hydrogens (tertiary/aromatic N) is 2. The van der Waals surface area contributed by atoms with Crippen molar-refractivity contribution in [3.63, 3.8) is 0 Å². The lowest BCUT2D eigenvalue weighted by atomic mass is 9.98. The molecular weight excluding hydrogens is 266 g/mol. The number of aromatic nitrogens is 1. The van der Waals surface area contributed by atoms with Gasteiger partial charge in [-0.1, -0.05) is 25.1 Å². The van der Waals surface area contributed by atoms with E-state index in [4.69, 9.17) is 15.7 Å². The van der Waals surface area contributed by atoms with Gasteiger partial charge in [0.25, 0.3) is 0 Å². The third-order valence-corrected chi connectivity index (χ3v) is 3.22. The van der Waals surface area contributed by atoms with E-state index in [2.05, 4.69) is 37.0 Å². The molecule has 1 heterocycles. The highest BCUT2D eigenvalue weighted by Crippen LogP contribution is 2.26. The van der Waals surface area contributed by atoms with Gasteiger partial charge in [-0.05, 0) is 42.2 Å². The van der Waals surface area contributed by atoms with Crippen molar-refractivity contribution in [2.45, 2.75) is 26.7 Å². The standard InChI is InChI=1S/C16H19N3O2/c1-10(2)14-5-4-13(8-11(14)3)21-15-9-12(6-7-18-15)16(17)19-20/h4-10,20H,1-3H3,(H2,17,19). The highest BCUT2D eigenvalue weighted by molar-refractivity contribution is 5.97. The summed E-state index contributed by atoms with van der Waals surface area (Å²) in [7, 11) is 0. The van der Waals surface area contributed by atoms with Crippen molar-refractivity contribution in [3.8, 4) is 11.6 Å². The average Bonchev–Trinajstić information content (AvgIpc) is 2.46. The summed E-state index contributed by atoms with van der Waals surface area (Å²) < 4.78 is 5.73. The number of nitrogens with two attached hydrogens (primary N) is 1. The molecule has 0 radical (unpaired) electrons. The molecule has 0 aliphatic heterocycles. The maximum absolute atomic E-state index is 8.69. The molecule has 0 spiro atoms. The third-order valence-electron chi connectivity index (χ3n) is 3.22. The molecule has 1 aromatic heterocycles. The summed E-state index contributed by atoms with van der Waals surface area (Å²) in [5.41, 5.74) is 8.57. The Morgan fingerprint density at radius 3 is 2.67 bits per heavy atom. The number of amidine groups is 1. The van der Waals surface area contributed by atoms with Crippen molar-refractivity contribution in [1.82, 2.24) is 4.98 Å². The van der Waals surface area contributed by atoms with Crippen LogP contribution in [0, 0.1) is 6.92 Å². The summed E-state index contributed by atoms with van der Waals surface area (Å²) in [6, 6.07) is 9.23. The molecule has 0 aliphatic rings. The van der Waals surface area contributed by atoms with E-state index in [0.29, 0.717) is 23.1 Å². The molecule has 0 fully saturated rings. The minimum Gasteiger partial charge on any atom is -0.439 e. The van der Waals surface area contributed by atoms with Crippen LogP contribution in [0.5, 0.6) is 11.6 Å². The molecule has 5 nitrogen and oxygen atoms in total. The van der Waals surface area contributed by atoms with Gasteiger partial charge in [-0.15, -0.1) is 0 Å². The van der Waals surface area contributed by atoms with Gasteiger partial charge in [0, 0.05) is 17.8 Å². The molecule has 5 heteroatoms. The molecule has 110 valence electrons. The van der Waals surface area contributed by atoms with Crippen molar-refractivity contribution < 1.29 is 9.94 Å². The van der Waals surface area contributed by atoms with Crippen LogP contribution in [-0.4, -0.2) is 16.0 Å². The van der Waals surface area contributed by atoms with Crippen LogP contribution < -0.4 is 10.5 Å². The quantitative estimate of drug-likeness (QED) is 0.390. The fraction of sp³-hybridized carbons (Fsp3) is 0.250. The van der Waals surface area contributed by atoms with Gasteiger partial charge in [0.05, 0.1) is 0 Å². The Balaban J connectivity index is 2.24. The molecule has 0 aliphatic carbocycles. The summed E-state index contributed by atoms with van der Waals surface area (Å²) in [5.74, 6) is 1.60. The minimum atomic E-state index is 0.0218. The lowest BCUT2D eigenvalue weighted by molar-refractivity contribution is 0.318. The first-order valence-corrected chi connectivity index (χ1v) is 6.73. The maximum Gasteiger partial charge on any atom is 0.219 e. The summed E-state index contributed by atoms with van der Waals surface area (Å²) in [6.45, 7) is 6.37. The van der Waals surface area contributed by atoms with E-state index >= 15 is 0 Å². The first kappa shape index (κ1) is 14.8. The predicted octanol–water partition coefficient (Wildman–Crippen LogP) is 3.40. The normalized spacial score (nSPS) is 11.7. The molecular formula is C16H19N3O2. The van der Waals surface area contributed by atoms with E-state index < -0.39 is 0 Å². The van der Waals surface area contributed by atoms with Gasteiger partial charge in [0.15, 0.2) is 5.84 Å². The Kier molecular flexibility index (Phi) is 4.42. The highest BCUT2D eigenvalue weighted by atomic mass is 16.5. The lowest BCUT2D eigenvalue weighted by Gasteiger charge is -2.12. The molecule has 0 atom stereocenters. The molecule has 0 amide bonds. The van der Waals surface area contributed by atoms with Crippen molar-refractivity contribution in [3.05, 3.63) is 53.2 Å². The van der Waals surface area contributed by atoms with Gasteiger partial charge in [-0.2, -0.15) is 0 Å². The second kappa shape index (κ2) is 6.26. The Morgan fingerprint density at radius 1 is 1.29 bits per heavy atom. The number of aryl methyl sites for hydroxylation is 1. The van der Waals surface area contributed by atoms with Crippen LogP contribution in [-0.2, 0) is 0 Å². The zero-order valence-electron chi connectivity index (χ0n) is 12.4. The third kappa shape index (κ3) is 3.51. The summed E-state index contributed by atoms with van der Waals surface area (Å²) in [5, 5.41) is 11.7. The van der Waals surface area contributed by atoms with Gasteiger partial charge < -0.3 is 15.7 Å². The second-order valence-corrected chi connectivity index (χ2v) is 5.14. The Bertz CT molecular complexity index is 666. The zero-order valence-corrected chi connectivity index (χ0v) is 12.4. The fourth-order valence-electron chi connectivity index (χ4n) is 2.16.